The molecular weight excluding hydrogens is 374 g/mol. The van der Waals surface area contributed by atoms with E-state index in [4.69, 9.17) is 2.74 Å². The highest BCUT2D eigenvalue weighted by atomic mass is 16.2. The second-order valence-corrected chi connectivity index (χ2v) is 7.08. The number of pyridine rings is 1. The average Bonchev–Trinajstić information content (AvgIpc) is 3.41. The summed E-state index contributed by atoms with van der Waals surface area (Å²) in [4.78, 5) is 19.8. The van der Waals surface area contributed by atoms with Crippen LogP contribution in [0.5, 0.6) is 0 Å². The highest BCUT2D eigenvalue weighted by molar-refractivity contribution is 6.05. The van der Waals surface area contributed by atoms with Crippen molar-refractivity contribution in [1.82, 2.24) is 14.5 Å². The van der Waals surface area contributed by atoms with E-state index < -0.39 is 6.50 Å². The summed E-state index contributed by atoms with van der Waals surface area (Å²) in [5.74, 6) is 0. The molecule has 5 aromatic rings. The number of amides is 2. The Morgan fingerprint density at radius 2 is 1.93 bits per heavy atom. The Morgan fingerprint density at radius 3 is 2.80 bits per heavy atom. The van der Waals surface area contributed by atoms with Crippen molar-refractivity contribution in [3.63, 3.8) is 0 Å². The van der Waals surface area contributed by atoms with E-state index in [0.29, 0.717) is 28.1 Å². The number of nitrogens with zero attached hydrogens (tertiary/aromatic N) is 2. The van der Waals surface area contributed by atoms with Crippen molar-refractivity contribution in [2.24, 2.45) is 0 Å². The molecule has 3 aromatic heterocycles. The summed E-state index contributed by atoms with van der Waals surface area (Å²) in [6.45, 7) is 0.159. The summed E-state index contributed by atoms with van der Waals surface area (Å²) in [7, 11) is 0. The van der Waals surface area contributed by atoms with Crippen LogP contribution in [0.2, 0.25) is 0 Å². The van der Waals surface area contributed by atoms with Gasteiger partial charge in [-0.25, -0.2) is 9.78 Å². The lowest BCUT2D eigenvalue weighted by Gasteiger charge is -2.10. The van der Waals surface area contributed by atoms with Gasteiger partial charge in [0.25, 0.3) is 0 Å². The highest BCUT2D eigenvalue weighted by Crippen LogP contribution is 2.26. The third-order valence-electron chi connectivity index (χ3n) is 4.98. The lowest BCUT2D eigenvalue weighted by molar-refractivity contribution is 0.262. The standard InChI is InChI=1S/C24H21N5O/c1-16-7-9-18(10-8-16)27-24(30)28-21-5-2-6-22-20(21)11-13-29(22)15-17-14-26-23-19(17)4-3-12-25-23/h2-14H,15H2,1H3,(H,25,26)(H2,27,28,30)/i15D2. The summed E-state index contributed by atoms with van der Waals surface area (Å²) in [5, 5.41) is 7.17. The minimum absolute atomic E-state index is 0.361. The van der Waals surface area contributed by atoms with Gasteiger partial charge in [-0.1, -0.05) is 23.8 Å². The van der Waals surface area contributed by atoms with Crippen LogP contribution in [0, 0.1) is 6.92 Å². The fraction of sp³-hybridized carbons (Fsp3) is 0.0833. The van der Waals surface area contributed by atoms with Gasteiger partial charge >= 0.3 is 6.03 Å². The minimum Gasteiger partial charge on any atom is -0.346 e. The smallest absolute Gasteiger partial charge is 0.323 e. The molecule has 2 amide bonds. The van der Waals surface area contributed by atoms with Gasteiger partial charge in [0.15, 0.2) is 0 Å². The Balaban J connectivity index is 1.47. The van der Waals surface area contributed by atoms with Crippen LogP contribution < -0.4 is 10.6 Å². The van der Waals surface area contributed by atoms with Crippen molar-refractivity contribution in [2.75, 3.05) is 10.6 Å². The van der Waals surface area contributed by atoms with E-state index >= 15 is 0 Å². The topological polar surface area (TPSA) is 74.7 Å². The molecule has 0 aliphatic rings. The number of anilines is 2. The first kappa shape index (κ1) is 15.8. The van der Waals surface area contributed by atoms with Crippen molar-refractivity contribution >= 4 is 39.3 Å². The largest absolute Gasteiger partial charge is 0.346 e. The molecule has 0 spiro atoms. The predicted molar refractivity (Wildman–Crippen MR) is 121 cm³/mol. The Hall–Kier alpha value is -4.06. The number of benzene rings is 2. The van der Waals surface area contributed by atoms with Crippen LogP contribution in [-0.2, 0) is 6.50 Å². The van der Waals surface area contributed by atoms with E-state index in [2.05, 4.69) is 20.6 Å². The molecule has 0 saturated heterocycles. The summed E-state index contributed by atoms with van der Waals surface area (Å²) >= 11 is 0. The molecule has 2 aromatic carbocycles. The maximum Gasteiger partial charge on any atom is 0.323 e. The number of carbonyl (C=O) groups excluding carboxylic acids is 1. The summed E-state index contributed by atoms with van der Waals surface area (Å²) in [6.07, 6.45) is 5.02. The lowest BCUT2D eigenvalue weighted by Crippen LogP contribution is -2.19. The minimum atomic E-state index is -1.83. The number of fused-ring (bicyclic) bond motifs is 2. The van der Waals surface area contributed by atoms with E-state index in [1.165, 1.54) is 0 Å². The molecule has 0 radical (unpaired) electrons. The van der Waals surface area contributed by atoms with E-state index in [0.717, 1.165) is 16.3 Å². The molecule has 0 fully saturated rings. The first-order chi connectivity index (χ1) is 15.4. The number of H-pyrrole nitrogens is 1. The molecule has 6 nitrogen and oxygen atoms in total. The predicted octanol–water partition coefficient (Wildman–Crippen LogP) is 5.52. The molecule has 6 heteroatoms. The van der Waals surface area contributed by atoms with Crippen molar-refractivity contribution in [3.05, 3.63) is 90.4 Å². The molecule has 0 bridgehead atoms. The molecule has 148 valence electrons. The second-order valence-electron chi connectivity index (χ2n) is 7.08. The maximum absolute atomic E-state index is 12.5. The molecule has 5 rings (SSSR count). The van der Waals surface area contributed by atoms with E-state index in [9.17, 15) is 4.79 Å². The molecule has 0 saturated carbocycles. The second kappa shape index (κ2) is 7.40. The van der Waals surface area contributed by atoms with Crippen LogP contribution in [0.25, 0.3) is 21.9 Å². The zero-order chi connectivity index (χ0) is 22.3. The van der Waals surface area contributed by atoms with Gasteiger partial charge in [0.2, 0.25) is 0 Å². The Morgan fingerprint density at radius 1 is 1.07 bits per heavy atom. The SMILES string of the molecule is [2H]C([2H])(c1c[nH]c2ncccc12)n1ccc2c(NC(=O)Nc3ccc(C)cc3)cccc21. The quantitative estimate of drug-likeness (QED) is 0.374. The number of hydrogen-bond acceptors (Lipinski definition) is 2. The zero-order valence-electron chi connectivity index (χ0n) is 18.3. The molecule has 0 aliphatic carbocycles. The molecule has 3 N–H and O–H groups in total. The molecule has 0 atom stereocenters. The number of urea groups is 1. The monoisotopic (exact) mass is 397 g/mol. The fourth-order valence-electron chi connectivity index (χ4n) is 3.47. The average molecular weight is 397 g/mol. The van der Waals surface area contributed by atoms with Crippen LogP contribution in [0.4, 0.5) is 16.2 Å². The third-order valence-corrected chi connectivity index (χ3v) is 4.98. The normalized spacial score (nSPS) is 12.6. The summed E-state index contributed by atoms with van der Waals surface area (Å²) in [6, 6.07) is 18.1. The number of nitrogens with one attached hydrogen (secondary N) is 3. The van der Waals surface area contributed by atoms with Gasteiger partial charge in [-0.15, -0.1) is 0 Å². The number of rotatable bonds is 4. The molecule has 3 heterocycles. The van der Waals surface area contributed by atoms with Crippen LogP contribution in [0.1, 0.15) is 13.9 Å². The van der Waals surface area contributed by atoms with Gasteiger partial charge in [0.1, 0.15) is 5.65 Å². The maximum atomic E-state index is 12.5. The summed E-state index contributed by atoms with van der Waals surface area (Å²) in [5.41, 5.74) is 4.21. The fourth-order valence-corrected chi connectivity index (χ4v) is 3.47. The Labute approximate surface area is 176 Å². The Bertz CT molecular complexity index is 1440. The van der Waals surface area contributed by atoms with Crippen molar-refractivity contribution in [2.45, 2.75) is 13.4 Å². The molecule has 0 aliphatic heterocycles. The first-order valence-electron chi connectivity index (χ1n) is 10.6. The molecule has 0 unspecified atom stereocenters. The van der Waals surface area contributed by atoms with Crippen molar-refractivity contribution in [3.8, 4) is 0 Å². The van der Waals surface area contributed by atoms with E-state index in [-0.39, 0.29) is 6.03 Å². The molecular formula is C24H21N5O. The van der Waals surface area contributed by atoms with E-state index in [1.54, 1.807) is 41.4 Å². The highest BCUT2D eigenvalue weighted by Gasteiger charge is 2.11. The number of carbonyl (C=O) groups is 1. The van der Waals surface area contributed by atoms with Crippen molar-refractivity contribution < 1.29 is 7.54 Å². The van der Waals surface area contributed by atoms with Gasteiger partial charge in [-0.05, 0) is 55.0 Å². The summed E-state index contributed by atoms with van der Waals surface area (Å²) < 4.78 is 19.3. The zero-order valence-corrected chi connectivity index (χ0v) is 16.3. The van der Waals surface area contributed by atoms with Crippen LogP contribution in [0.3, 0.4) is 0 Å². The number of aromatic amines is 1. The third kappa shape index (κ3) is 3.39. The Kier molecular flexibility index (Phi) is 3.90. The lowest BCUT2D eigenvalue weighted by atomic mass is 10.2. The van der Waals surface area contributed by atoms with Gasteiger partial charge in [0, 0.05) is 41.5 Å². The van der Waals surface area contributed by atoms with Gasteiger partial charge in [-0.3, -0.25) is 0 Å². The number of aryl methyl sites for hydroxylation is 1. The van der Waals surface area contributed by atoms with Gasteiger partial charge < -0.3 is 20.2 Å². The number of hydrogen-bond donors (Lipinski definition) is 3. The van der Waals surface area contributed by atoms with Crippen molar-refractivity contribution in [1.29, 1.82) is 0 Å². The van der Waals surface area contributed by atoms with Gasteiger partial charge in [-0.2, -0.15) is 0 Å². The molecule has 30 heavy (non-hydrogen) atoms. The van der Waals surface area contributed by atoms with Crippen LogP contribution in [0.15, 0.2) is 79.3 Å². The number of aromatic nitrogens is 3. The van der Waals surface area contributed by atoms with Crippen LogP contribution >= 0.6 is 0 Å². The van der Waals surface area contributed by atoms with Gasteiger partial charge in [0.05, 0.1) is 13.9 Å². The first-order valence-corrected chi connectivity index (χ1v) is 9.61. The van der Waals surface area contributed by atoms with E-state index in [1.807, 2.05) is 49.4 Å². The van der Waals surface area contributed by atoms with Crippen LogP contribution in [-0.4, -0.2) is 20.6 Å².